The van der Waals surface area contributed by atoms with E-state index in [1.807, 2.05) is 66.5 Å². The molecular weight excluding hydrogens is 975 g/mol. The van der Waals surface area contributed by atoms with E-state index in [1.165, 1.54) is 59.2 Å². The van der Waals surface area contributed by atoms with Crippen LogP contribution < -0.4 is 0 Å². The molecule has 72 heavy (non-hydrogen) atoms. The van der Waals surface area contributed by atoms with Crippen LogP contribution in [0, 0.1) is 6.92 Å². The van der Waals surface area contributed by atoms with Crippen LogP contribution in [0.3, 0.4) is 0 Å². The lowest BCUT2D eigenvalue weighted by Gasteiger charge is -2.17. The molecule has 410 valence electrons. The molecule has 0 saturated heterocycles. The van der Waals surface area contributed by atoms with Gasteiger partial charge in [0.25, 0.3) is 18.8 Å². The van der Waals surface area contributed by atoms with Crippen LogP contribution in [0.2, 0.25) is 5.15 Å². The molecule has 0 bridgehead atoms. The van der Waals surface area contributed by atoms with Crippen molar-refractivity contribution in [3.05, 3.63) is 104 Å². The Labute approximate surface area is 426 Å². The van der Waals surface area contributed by atoms with Crippen LogP contribution in [-0.2, 0) is 54.4 Å². The average molecular weight is 1060 g/mol. The number of aromatic nitrogens is 12. The molecule has 0 aromatic carbocycles. The monoisotopic (exact) mass is 1050 g/mol. The van der Waals surface area contributed by atoms with Crippen LogP contribution in [0.15, 0.2) is 37.2 Å². The minimum atomic E-state index is -4.31. The fraction of sp³-hybridized carbons (Fsp3) is 0.640. The second-order valence-electron chi connectivity index (χ2n) is 18.8. The summed E-state index contributed by atoms with van der Waals surface area (Å²) in [5, 5.41) is 24.0. The highest BCUT2D eigenvalue weighted by atomic mass is 35.5. The molecule has 0 fully saturated rings. The summed E-state index contributed by atoms with van der Waals surface area (Å²) >= 11 is 5.90. The highest BCUT2D eigenvalue weighted by molar-refractivity contribution is 6.30. The number of halogens is 10. The summed E-state index contributed by atoms with van der Waals surface area (Å²) in [6, 6.07) is 0. The predicted molar refractivity (Wildman–Crippen MR) is 269 cm³/mol. The van der Waals surface area contributed by atoms with Crippen molar-refractivity contribution in [2.45, 2.75) is 171 Å². The van der Waals surface area contributed by atoms with E-state index in [-0.39, 0.29) is 60.2 Å². The van der Waals surface area contributed by atoms with Gasteiger partial charge in [-0.2, -0.15) is 52.5 Å². The van der Waals surface area contributed by atoms with Crippen molar-refractivity contribution in [2.24, 2.45) is 42.3 Å². The molecule has 0 spiro atoms. The summed E-state index contributed by atoms with van der Waals surface area (Å²) in [6.45, 7) is 26.8. The van der Waals surface area contributed by atoms with Gasteiger partial charge in [0.05, 0.1) is 30.5 Å². The fourth-order valence-electron chi connectivity index (χ4n) is 7.04. The predicted octanol–water partition coefficient (Wildman–Crippen LogP) is 15.3. The minimum Gasteiger partial charge on any atom is -0.275 e. The van der Waals surface area contributed by atoms with Gasteiger partial charge in [0, 0.05) is 88.9 Å². The van der Waals surface area contributed by atoms with Crippen molar-refractivity contribution < 1.29 is 39.5 Å². The van der Waals surface area contributed by atoms with Crippen molar-refractivity contribution in [3.8, 4) is 0 Å². The van der Waals surface area contributed by atoms with Crippen molar-refractivity contribution in [1.82, 2.24) is 58.7 Å². The summed E-state index contributed by atoms with van der Waals surface area (Å²) in [7, 11) is 9.84. The molecule has 0 atom stereocenters. The lowest BCUT2D eigenvalue weighted by atomic mass is 10.00. The summed E-state index contributed by atoms with van der Waals surface area (Å²) in [5.74, 6) is -1.60. The third-order valence-corrected chi connectivity index (χ3v) is 11.4. The quantitative estimate of drug-likeness (QED) is 0.127. The zero-order valence-electron chi connectivity index (χ0n) is 44.9. The molecule has 0 amide bonds. The molecule has 12 nitrogen and oxygen atoms in total. The zero-order valence-corrected chi connectivity index (χ0v) is 45.7. The van der Waals surface area contributed by atoms with Crippen LogP contribution in [-0.4, -0.2) is 58.7 Å². The first kappa shape index (κ1) is 66.9. The highest BCUT2D eigenvalue weighted by Gasteiger charge is 2.38. The normalized spacial score (nSPS) is 11.6. The largest absolute Gasteiger partial charge is 0.433 e. The molecule has 0 aliphatic rings. The van der Waals surface area contributed by atoms with E-state index in [9.17, 15) is 39.5 Å². The molecule has 0 aliphatic carbocycles. The van der Waals surface area contributed by atoms with Gasteiger partial charge in [-0.3, -0.25) is 28.1 Å². The standard InChI is InChI=1S/C10H16F2N2.C8H11F3N2.2C8H12F2N2.C8H14N2.C7H11ClN2.CH4/c1-5-10(11,12)9-8(7(2)3)6-13-14(9)4;1-5(2)6-4-12-13(3)7(6)8(9,10)11;1-5(2)6-4-12(3)11-7(6)8(9)10;1-5(2)6-4-11-12(3)7(6)8(9)10;1-6(2)8-5-10(4)9-7(8)3;1-5(2)6-4-9-10(3)7(6)8;/h6-7H,5H2,1-4H3;4-5H,1-3H3;2*4-5,8H,1-3H3;5-6H,1-4H3;4-5H,1-3H3;1H4. The fourth-order valence-corrected chi connectivity index (χ4v) is 7.35. The average Bonchev–Trinajstić information content (AvgIpc) is 4.11. The second kappa shape index (κ2) is 29.0. The molecule has 0 N–H and O–H groups in total. The van der Waals surface area contributed by atoms with E-state index >= 15 is 0 Å². The Bertz CT molecular complexity index is 2440. The van der Waals surface area contributed by atoms with Gasteiger partial charge in [0.15, 0.2) is 0 Å². The van der Waals surface area contributed by atoms with Gasteiger partial charge in [0.1, 0.15) is 27.9 Å². The van der Waals surface area contributed by atoms with Crippen LogP contribution in [0.1, 0.15) is 214 Å². The Morgan fingerprint density at radius 1 is 0.486 bits per heavy atom. The smallest absolute Gasteiger partial charge is 0.275 e. The van der Waals surface area contributed by atoms with Crippen LogP contribution in [0.5, 0.6) is 0 Å². The topological polar surface area (TPSA) is 107 Å². The number of nitrogens with zero attached hydrogens (tertiary/aromatic N) is 12. The summed E-state index contributed by atoms with van der Waals surface area (Å²) in [4.78, 5) is 0. The first-order valence-corrected chi connectivity index (χ1v) is 23.7. The van der Waals surface area contributed by atoms with Crippen molar-refractivity contribution in [2.75, 3.05) is 0 Å². The first-order valence-electron chi connectivity index (χ1n) is 23.3. The molecule has 6 heterocycles. The number of aryl methyl sites for hydroxylation is 7. The van der Waals surface area contributed by atoms with Gasteiger partial charge in [-0.25, -0.2) is 17.6 Å². The third-order valence-electron chi connectivity index (χ3n) is 11.0. The van der Waals surface area contributed by atoms with E-state index in [0.717, 1.165) is 21.1 Å². The Balaban J connectivity index is 0.000000841. The Morgan fingerprint density at radius 3 is 1.12 bits per heavy atom. The number of alkyl halides is 9. The number of rotatable bonds is 10. The maximum atomic E-state index is 13.5. The molecular formula is C50H80ClF9N12. The minimum absolute atomic E-state index is 0. The van der Waals surface area contributed by atoms with Crippen LogP contribution in [0.25, 0.3) is 0 Å². The molecule has 6 aromatic rings. The SMILES string of the molecule is C.CC(C)c1cn(C)nc1C(F)F.CC(C)c1cnn(C)c1C(F)(F)F.CC(C)c1cnn(C)c1C(F)F.CC(C)c1cnn(C)c1Cl.CCC(F)(F)c1c(C(C)C)cnn1C.Cc1nn(C)cc1C(C)C. The Morgan fingerprint density at radius 2 is 0.847 bits per heavy atom. The molecule has 0 aliphatic heterocycles. The van der Waals surface area contributed by atoms with E-state index < -0.39 is 30.6 Å². The van der Waals surface area contributed by atoms with Gasteiger partial charge in [-0.15, -0.1) is 0 Å². The zero-order chi connectivity index (χ0) is 55.2. The van der Waals surface area contributed by atoms with Gasteiger partial charge in [-0.05, 0) is 48.0 Å². The molecule has 0 unspecified atom stereocenters. The summed E-state index contributed by atoms with van der Waals surface area (Å²) in [5.41, 5.74) is 5.11. The van der Waals surface area contributed by atoms with Gasteiger partial charge >= 0.3 is 6.18 Å². The summed E-state index contributed by atoms with van der Waals surface area (Å²) in [6.07, 6.45) is 0.443. The maximum Gasteiger partial charge on any atom is 0.433 e. The molecule has 22 heteroatoms. The van der Waals surface area contributed by atoms with Gasteiger partial charge in [-0.1, -0.05) is 109 Å². The lowest BCUT2D eigenvalue weighted by molar-refractivity contribution is -0.144. The second-order valence-corrected chi connectivity index (χ2v) is 19.2. The Kier molecular flexibility index (Phi) is 26.9. The first-order chi connectivity index (χ1) is 32.5. The number of hydrogen-bond acceptors (Lipinski definition) is 6. The van der Waals surface area contributed by atoms with Crippen molar-refractivity contribution in [3.63, 3.8) is 0 Å². The third kappa shape index (κ3) is 19.1. The van der Waals surface area contributed by atoms with Gasteiger partial charge < -0.3 is 0 Å². The summed E-state index contributed by atoms with van der Waals surface area (Å²) < 4.78 is 122. The Hall–Kier alpha value is -5.08. The van der Waals surface area contributed by atoms with E-state index in [2.05, 4.69) is 71.4 Å². The lowest BCUT2D eigenvalue weighted by Crippen LogP contribution is -2.19. The maximum absolute atomic E-state index is 13.5. The van der Waals surface area contributed by atoms with E-state index in [0.29, 0.717) is 28.5 Å². The molecule has 0 saturated carbocycles. The van der Waals surface area contributed by atoms with Crippen molar-refractivity contribution in [1.29, 1.82) is 0 Å². The molecule has 0 radical (unpaired) electrons. The number of hydrogen-bond donors (Lipinski definition) is 0. The molecule has 6 aromatic heterocycles. The van der Waals surface area contributed by atoms with E-state index in [4.69, 9.17) is 11.6 Å². The highest BCUT2D eigenvalue weighted by Crippen LogP contribution is 2.37. The van der Waals surface area contributed by atoms with Gasteiger partial charge in [0.2, 0.25) is 0 Å². The van der Waals surface area contributed by atoms with Crippen molar-refractivity contribution >= 4 is 11.6 Å². The van der Waals surface area contributed by atoms with Crippen LogP contribution in [0.4, 0.5) is 39.5 Å². The van der Waals surface area contributed by atoms with Crippen LogP contribution >= 0.6 is 11.6 Å². The van der Waals surface area contributed by atoms with E-state index in [1.54, 1.807) is 38.8 Å². The molecule has 6 rings (SSSR count).